The van der Waals surface area contributed by atoms with E-state index in [1.807, 2.05) is 24.4 Å². The highest BCUT2D eigenvalue weighted by atomic mass is 127. The van der Waals surface area contributed by atoms with E-state index in [9.17, 15) is 0 Å². The summed E-state index contributed by atoms with van der Waals surface area (Å²) < 4.78 is 0. The van der Waals surface area contributed by atoms with Crippen LogP contribution in [0.4, 0.5) is 0 Å². The number of pyridine rings is 1. The Balaban J connectivity index is 0.00000300. The highest BCUT2D eigenvalue weighted by molar-refractivity contribution is 14.0. The molecule has 3 rings (SSSR count). The topological polar surface area (TPSA) is 52.6 Å². The molecular formula is C23H34IN5. The molecule has 1 aliphatic heterocycles. The molecule has 29 heavy (non-hydrogen) atoms. The Labute approximate surface area is 192 Å². The minimum atomic E-state index is 0. The zero-order valence-corrected chi connectivity index (χ0v) is 19.9. The zero-order valence-electron chi connectivity index (χ0n) is 17.6. The predicted octanol–water partition coefficient (Wildman–Crippen LogP) is 3.84. The third-order valence-corrected chi connectivity index (χ3v) is 5.25. The number of benzene rings is 1. The van der Waals surface area contributed by atoms with Gasteiger partial charge in [-0.2, -0.15) is 0 Å². The van der Waals surface area contributed by atoms with Crippen molar-refractivity contribution >= 4 is 29.9 Å². The van der Waals surface area contributed by atoms with Gasteiger partial charge in [0.1, 0.15) is 0 Å². The number of nitrogens with one attached hydrogen (secondary N) is 2. The number of nitrogens with zero attached hydrogens (tertiary/aromatic N) is 3. The first-order valence-corrected chi connectivity index (χ1v) is 10.4. The van der Waals surface area contributed by atoms with E-state index in [1.54, 1.807) is 7.05 Å². The highest BCUT2D eigenvalue weighted by Gasteiger charge is 2.16. The minimum absolute atomic E-state index is 0. The maximum absolute atomic E-state index is 4.35. The number of aromatic nitrogens is 1. The van der Waals surface area contributed by atoms with Crippen LogP contribution in [0.25, 0.3) is 0 Å². The molecule has 0 bridgehead atoms. The van der Waals surface area contributed by atoms with Crippen molar-refractivity contribution in [1.29, 1.82) is 0 Å². The van der Waals surface area contributed by atoms with Gasteiger partial charge < -0.3 is 10.6 Å². The van der Waals surface area contributed by atoms with Crippen LogP contribution in [0.2, 0.25) is 0 Å². The molecule has 1 saturated heterocycles. The van der Waals surface area contributed by atoms with Gasteiger partial charge in [-0.15, -0.1) is 24.0 Å². The summed E-state index contributed by atoms with van der Waals surface area (Å²) >= 11 is 0. The summed E-state index contributed by atoms with van der Waals surface area (Å²) in [4.78, 5) is 11.2. The van der Waals surface area contributed by atoms with Gasteiger partial charge in [-0.05, 0) is 48.6 Å². The minimum Gasteiger partial charge on any atom is -0.356 e. The lowest BCUT2D eigenvalue weighted by molar-refractivity contribution is 0.176. The Hall–Kier alpha value is -1.67. The molecule has 1 fully saturated rings. The van der Waals surface area contributed by atoms with Gasteiger partial charge in [0.15, 0.2) is 5.96 Å². The number of hydrogen-bond donors (Lipinski definition) is 2. The quantitative estimate of drug-likeness (QED) is 0.340. The molecule has 2 heterocycles. The van der Waals surface area contributed by atoms with E-state index in [0.29, 0.717) is 0 Å². The molecule has 6 heteroatoms. The number of piperidine rings is 1. The first kappa shape index (κ1) is 23.6. The molecule has 1 aromatic carbocycles. The van der Waals surface area contributed by atoms with Crippen molar-refractivity contribution in [3.8, 4) is 0 Å². The van der Waals surface area contributed by atoms with Crippen molar-refractivity contribution in [3.05, 3.63) is 65.5 Å². The van der Waals surface area contributed by atoms with E-state index in [0.717, 1.165) is 43.6 Å². The zero-order chi connectivity index (χ0) is 19.6. The number of rotatable bonds is 7. The average Bonchev–Trinajstić information content (AvgIpc) is 2.72. The third kappa shape index (κ3) is 8.30. The van der Waals surface area contributed by atoms with Crippen molar-refractivity contribution in [2.24, 2.45) is 10.9 Å². The summed E-state index contributed by atoms with van der Waals surface area (Å²) in [5, 5.41) is 6.74. The summed E-state index contributed by atoms with van der Waals surface area (Å²) in [7, 11) is 1.80. The van der Waals surface area contributed by atoms with Crippen LogP contribution in [0, 0.1) is 5.92 Å². The van der Waals surface area contributed by atoms with Crippen LogP contribution >= 0.6 is 24.0 Å². The van der Waals surface area contributed by atoms with Gasteiger partial charge in [-0.3, -0.25) is 14.9 Å². The lowest BCUT2D eigenvalue weighted by atomic mass is 9.99. The van der Waals surface area contributed by atoms with Crippen molar-refractivity contribution in [3.63, 3.8) is 0 Å². The average molecular weight is 507 g/mol. The molecule has 2 N–H and O–H groups in total. The summed E-state index contributed by atoms with van der Waals surface area (Å²) in [6, 6.07) is 15.0. The van der Waals surface area contributed by atoms with E-state index in [4.69, 9.17) is 0 Å². The van der Waals surface area contributed by atoms with Gasteiger partial charge in [0.25, 0.3) is 0 Å². The molecule has 0 amide bonds. The molecule has 1 aromatic heterocycles. The van der Waals surface area contributed by atoms with Crippen molar-refractivity contribution in [2.45, 2.75) is 39.3 Å². The second-order valence-corrected chi connectivity index (χ2v) is 7.72. The first-order chi connectivity index (χ1) is 13.7. The number of halogens is 1. The van der Waals surface area contributed by atoms with Gasteiger partial charge in [-0.1, -0.05) is 37.3 Å². The lowest BCUT2D eigenvalue weighted by Gasteiger charge is -2.30. The van der Waals surface area contributed by atoms with E-state index < -0.39 is 0 Å². The monoisotopic (exact) mass is 507 g/mol. The van der Waals surface area contributed by atoms with Crippen LogP contribution in [0.15, 0.2) is 53.7 Å². The van der Waals surface area contributed by atoms with E-state index in [-0.39, 0.29) is 24.0 Å². The number of guanidine groups is 1. The SMILES string of the molecule is CN=C(NCCc1ccccn1)NCc1ccc(CN2CCCC(C)C2)cc1.I. The Kier molecular flexibility index (Phi) is 10.4. The maximum atomic E-state index is 4.35. The molecular weight excluding hydrogens is 473 g/mol. The molecule has 1 atom stereocenters. The molecule has 158 valence electrons. The molecule has 1 aliphatic rings. The van der Waals surface area contributed by atoms with Crippen LogP contribution < -0.4 is 10.6 Å². The predicted molar refractivity (Wildman–Crippen MR) is 132 cm³/mol. The summed E-state index contributed by atoms with van der Waals surface area (Å²) in [6.07, 6.45) is 5.41. The fraction of sp³-hybridized carbons (Fsp3) is 0.478. The smallest absolute Gasteiger partial charge is 0.191 e. The molecule has 0 spiro atoms. The van der Waals surface area contributed by atoms with Crippen LogP contribution in [0.5, 0.6) is 0 Å². The Morgan fingerprint density at radius 2 is 1.93 bits per heavy atom. The van der Waals surface area contributed by atoms with E-state index >= 15 is 0 Å². The van der Waals surface area contributed by atoms with Gasteiger partial charge in [-0.25, -0.2) is 0 Å². The second kappa shape index (κ2) is 12.8. The van der Waals surface area contributed by atoms with Gasteiger partial charge in [0, 0.05) is 51.5 Å². The number of aliphatic imine (C=N–C) groups is 1. The molecule has 0 saturated carbocycles. The highest BCUT2D eigenvalue weighted by Crippen LogP contribution is 2.18. The van der Waals surface area contributed by atoms with Crippen LogP contribution in [-0.4, -0.2) is 42.5 Å². The van der Waals surface area contributed by atoms with Crippen molar-refractivity contribution in [2.75, 3.05) is 26.7 Å². The standard InChI is InChI=1S/C23H33N5.HI/c1-19-6-5-15-28(17-19)18-21-10-8-20(9-11-21)16-27-23(24-2)26-14-12-22-7-3-4-13-25-22;/h3-4,7-11,13,19H,5-6,12,14-18H2,1-2H3,(H2,24,26,27);1H. The summed E-state index contributed by atoms with van der Waals surface area (Å²) in [5.41, 5.74) is 3.75. The van der Waals surface area contributed by atoms with Gasteiger partial charge in [0.05, 0.1) is 0 Å². The van der Waals surface area contributed by atoms with E-state index in [1.165, 1.54) is 37.1 Å². The first-order valence-electron chi connectivity index (χ1n) is 10.4. The van der Waals surface area contributed by atoms with E-state index in [2.05, 4.69) is 56.7 Å². The van der Waals surface area contributed by atoms with Crippen LogP contribution in [0.1, 0.15) is 36.6 Å². The fourth-order valence-electron chi connectivity index (χ4n) is 3.71. The van der Waals surface area contributed by atoms with Crippen molar-refractivity contribution in [1.82, 2.24) is 20.5 Å². The summed E-state index contributed by atoms with van der Waals surface area (Å²) in [6.45, 7) is 7.46. The third-order valence-electron chi connectivity index (χ3n) is 5.25. The lowest BCUT2D eigenvalue weighted by Crippen LogP contribution is -2.37. The Morgan fingerprint density at radius 1 is 1.14 bits per heavy atom. The summed E-state index contributed by atoms with van der Waals surface area (Å²) in [5.74, 6) is 1.65. The number of likely N-dealkylation sites (tertiary alicyclic amines) is 1. The molecule has 2 aromatic rings. The van der Waals surface area contributed by atoms with Crippen LogP contribution in [0.3, 0.4) is 0 Å². The normalized spacial score (nSPS) is 17.4. The van der Waals surface area contributed by atoms with Gasteiger partial charge in [0.2, 0.25) is 0 Å². The maximum Gasteiger partial charge on any atom is 0.191 e. The molecule has 0 radical (unpaired) electrons. The molecule has 0 aliphatic carbocycles. The van der Waals surface area contributed by atoms with Crippen LogP contribution in [-0.2, 0) is 19.5 Å². The molecule has 1 unspecified atom stereocenters. The van der Waals surface area contributed by atoms with Crippen molar-refractivity contribution < 1.29 is 0 Å². The fourth-order valence-corrected chi connectivity index (χ4v) is 3.71. The largest absolute Gasteiger partial charge is 0.356 e. The Bertz CT molecular complexity index is 733. The van der Waals surface area contributed by atoms with Gasteiger partial charge >= 0.3 is 0 Å². The molecule has 5 nitrogen and oxygen atoms in total. The Morgan fingerprint density at radius 3 is 2.62 bits per heavy atom. The number of hydrogen-bond acceptors (Lipinski definition) is 3. The second-order valence-electron chi connectivity index (χ2n) is 7.72.